The number of carbonyl (C=O) groups excluding carboxylic acids is 3. The SMILES string of the molecule is COC(=O)c1ccc(N2NC(C(C)=O)=NCC2=O)cc1. The van der Waals surface area contributed by atoms with Gasteiger partial charge in [-0.15, -0.1) is 0 Å². The van der Waals surface area contributed by atoms with Crippen molar-refractivity contribution in [3.8, 4) is 0 Å². The highest BCUT2D eigenvalue weighted by molar-refractivity contribution is 6.39. The van der Waals surface area contributed by atoms with Gasteiger partial charge in [0.25, 0.3) is 5.91 Å². The van der Waals surface area contributed by atoms with E-state index in [1.807, 2.05) is 0 Å². The van der Waals surface area contributed by atoms with Crippen LogP contribution in [0.25, 0.3) is 0 Å². The van der Waals surface area contributed by atoms with Crippen LogP contribution in [0.4, 0.5) is 5.69 Å². The smallest absolute Gasteiger partial charge is 0.337 e. The summed E-state index contributed by atoms with van der Waals surface area (Å²) in [4.78, 5) is 38.2. The van der Waals surface area contributed by atoms with E-state index in [4.69, 9.17) is 0 Å². The van der Waals surface area contributed by atoms with Crippen molar-refractivity contribution in [3.63, 3.8) is 0 Å². The number of nitrogens with zero attached hydrogens (tertiary/aromatic N) is 2. The molecule has 1 aliphatic heterocycles. The molecule has 7 nitrogen and oxygen atoms in total. The lowest BCUT2D eigenvalue weighted by Crippen LogP contribution is -2.53. The van der Waals surface area contributed by atoms with Crippen LogP contribution in [0.2, 0.25) is 0 Å². The maximum atomic E-state index is 11.8. The molecule has 0 bridgehead atoms. The Morgan fingerprint density at radius 1 is 1.30 bits per heavy atom. The molecule has 0 aromatic heterocycles. The highest BCUT2D eigenvalue weighted by atomic mass is 16.5. The van der Waals surface area contributed by atoms with Crippen LogP contribution in [0, 0.1) is 0 Å². The number of amides is 1. The number of aliphatic imine (C=N–C) groups is 1. The first kappa shape index (κ1) is 13.7. The molecule has 7 heteroatoms. The minimum atomic E-state index is -0.458. The van der Waals surface area contributed by atoms with E-state index < -0.39 is 5.97 Å². The predicted molar refractivity (Wildman–Crippen MR) is 71.4 cm³/mol. The molecule has 1 aliphatic rings. The third-order valence-corrected chi connectivity index (χ3v) is 2.72. The van der Waals surface area contributed by atoms with E-state index in [-0.39, 0.29) is 24.1 Å². The standard InChI is InChI=1S/C13H13N3O4/c1-8(17)12-14-7-11(18)16(15-12)10-5-3-9(4-6-10)13(19)20-2/h3-6H,7H2,1-2H3,(H,14,15). The molecule has 20 heavy (non-hydrogen) atoms. The zero-order valence-electron chi connectivity index (χ0n) is 11.0. The maximum Gasteiger partial charge on any atom is 0.337 e. The van der Waals surface area contributed by atoms with Gasteiger partial charge in [0.1, 0.15) is 6.54 Å². The Balaban J connectivity index is 2.23. The summed E-state index contributed by atoms with van der Waals surface area (Å²) in [6, 6.07) is 6.24. The van der Waals surface area contributed by atoms with Crippen LogP contribution in [0.1, 0.15) is 17.3 Å². The number of Topliss-reactive ketones (excluding diaryl/α,β-unsaturated/α-hetero) is 1. The van der Waals surface area contributed by atoms with Crippen LogP contribution in [-0.2, 0) is 14.3 Å². The molecule has 0 saturated carbocycles. The van der Waals surface area contributed by atoms with Crippen molar-refractivity contribution in [2.75, 3.05) is 18.7 Å². The zero-order valence-corrected chi connectivity index (χ0v) is 11.0. The summed E-state index contributed by atoms with van der Waals surface area (Å²) in [5, 5.41) is 1.23. The summed E-state index contributed by atoms with van der Waals surface area (Å²) >= 11 is 0. The lowest BCUT2D eigenvalue weighted by molar-refractivity contribution is -0.118. The molecule has 2 rings (SSSR count). The quantitative estimate of drug-likeness (QED) is 0.802. The number of hydrazine groups is 1. The van der Waals surface area contributed by atoms with E-state index in [2.05, 4.69) is 15.2 Å². The van der Waals surface area contributed by atoms with E-state index in [9.17, 15) is 14.4 Å². The summed E-state index contributed by atoms with van der Waals surface area (Å²) in [7, 11) is 1.29. The minimum Gasteiger partial charge on any atom is -0.465 e. The second-order valence-electron chi connectivity index (χ2n) is 4.10. The molecule has 1 aromatic rings. The molecule has 1 N–H and O–H groups in total. The fraction of sp³-hybridized carbons (Fsp3) is 0.231. The molecule has 0 atom stereocenters. The topological polar surface area (TPSA) is 88.1 Å². The number of esters is 1. The molecule has 0 saturated heterocycles. The van der Waals surface area contributed by atoms with E-state index in [0.29, 0.717) is 11.3 Å². The minimum absolute atomic E-state index is 0.0966. The van der Waals surface area contributed by atoms with Gasteiger partial charge in [-0.1, -0.05) is 0 Å². The fourth-order valence-corrected chi connectivity index (χ4v) is 1.68. The molecule has 0 fully saturated rings. The van der Waals surface area contributed by atoms with Gasteiger partial charge < -0.3 is 4.74 Å². The summed E-state index contributed by atoms with van der Waals surface area (Å²) < 4.78 is 4.59. The van der Waals surface area contributed by atoms with Crippen LogP contribution in [-0.4, -0.2) is 37.1 Å². The van der Waals surface area contributed by atoms with Crippen molar-refractivity contribution in [2.24, 2.45) is 4.99 Å². The highest BCUT2D eigenvalue weighted by Crippen LogP contribution is 2.16. The first-order valence-corrected chi connectivity index (χ1v) is 5.86. The highest BCUT2D eigenvalue weighted by Gasteiger charge is 2.23. The van der Waals surface area contributed by atoms with Crippen LogP contribution >= 0.6 is 0 Å². The Labute approximate surface area is 115 Å². The lowest BCUT2D eigenvalue weighted by atomic mass is 10.2. The molecular formula is C13H13N3O4. The number of ether oxygens (including phenoxy) is 1. The number of rotatable bonds is 3. The van der Waals surface area contributed by atoms with Gasteiger partial charge in [-0.2, -0.15) is 0 Å². The van der Waals surface area contributed by atoms with Crippen molar-refractivity contribution in [2.45, 2.75) is 6.92 Å². The van der Waals surface area contributed by atoms with Gasteiger partial charge in [-0.3, -0.25) is 20.0 Å². The van der Waals surface area contributed by atoms with Crippen LogP contribution < -0.4 is 10.4 Å². The fourth-order valence-electron chi connectivity index (χ4n) is 1.68. The number of anilines is 1. The van der Waals surface area contributed by atoms with Gasteiger partial charge in [-0.25, -0.2) is 9.80 Å². The largest absolute Gasteiger partial charge is 0.465 e. The number of carbonyl (C=O) groups is 3. The van der Waals surface area contributed by atoms with Crippen molar-refractivity contribution in [1.29, 1.82) is 0 Å². The van der Waals surface area contributed by atoms with E-state index in [0.717, 1.165) is 0 Å². The number of nitrogens with one attached hydrogen (secondary N) is 1. The van der Waals surface area contributed by atoms with E-state index in [1.165, 1.54) is 31.2 Å². The molecule has 0 radical (unpaired) electrons. The Bertz CT molecular complexity index is 592. The molecule has 1 heterocycles. The Morgan fingerprint density at radius 2 is 1.95 bits per heavy atom. The molecular weight excluding hydrogens is 262 g/mol. The van der Waals surface area contributed by atoms with E-state index in [1.54, 1.807) is 12.1 Å². The van der Waals surface area contributed by atoms with Gasteiger partial charge in [0.2, 0.25) is 0 Å². The molecule has 0 unspecified atom stereocenters. The number of ketones is 1. The molecule has 1 aromatic carbocycles. The van der Waals surface area contributed by atoms with Crippen molar-refractivity contribution in [1.82, 2.24) is 5.43 Å². The molecule has 1 amide bonds. The Kier molecular flexibility index (Phi) is 3.79. The monoisotopic (exact) mass is 275 g/mol. The normalized spacial score (nSPS) is 14.4. The second-order valence-corrected chi connectivity index (χ2v) is 4.10. The number of benzene rings is 1. The third-order valence-electron chi connectivity index (χ3n) is 2.72. The van der Waals surface area contributed by atoms with Gasteiger partial charge in [0, 0.05) is 6.92 Å². The summed E-state index contributed by atoms with van der Waals surface area (Å²) in [5.74, 6) is -0.878. The molecule has 104 valence electrons. The first-order valence-electron chi connectivity index (χ1n) is 5.86. The van der Waals surface area contributed by atoms with Crippen molar-refractivity contribution >= 4 is 29.2 Å². The van der Waals surface area contributed by atoms with Gasteiger partial charge in [0.05, 0.1) is 18.4 Å². The Hall–Kier alpha value is -2.70. The second kappa shape index (κ2) is 5.52. The first-order chi connectivity index (χ1) is 9.52. The summed E-state index contributed by atoms with van der Waals surface area (Å²) in [6.07, 6.45) is 0. The third kappa shape index (κ3) is 2.66. The lowest BCUT2D eigenvalue weighted by Gasteiger charge is -2.27. The van der Waals surface area contributed by atoms with Crippen LogP contribution in [0.15, 0.2) is 29.3 Å². The van der Waals surface area contributed by atoms with Crippen molar-refractivity contribution in [3.05, 3.63) is 29.8 Å². The van der Waals surface area contributed by atoms with Gasteiger partial charge in [-0.05, 0) is 24.3 Å². The van der Waals surface area contributed by atoms with Gasteiger partial charge >= 0.3 is 5.97 Å². The average Bonchev–Trinajstić information content (AvgIpc) is 2.47. The summed E-state index contributed by atoms with van der Waals surface area (Å²) in [6.45, 7) is 1.26. The van der Waals surface area contributed by atoms with E-state index >= 15 is 0 Å². The van der Waals surface area contributed by atoms with Crippen LogP contribution in [0.3, 0.4) is 0 Å². The molecule has 0 aliphatic carbocycles. The number of hydrogen-bond donors (Lipinski definition) is 1. The number of methoxy groups -OCH3 is 1. The number of hydrogen-bond acceptors (Lipinski definition) is 6. The Morgan fingerprint density at radius 3 is 2.50 bits per heavy atom. The number of amidine groups is 1. The van der Waals surface area contributed by atoms with Crippen molar-refractivity contribution < 1.29 is 19.1 Å². The summed E-state index contributed by atoms with van der Waals surface area (Å²) in [5.41, 5.74) is 3.54. The maximum absolute atomic E-state index is 11.8. The zero-order chi connectivity index (χ0) is 14.7. The van der Waals surface area contributed by atoms with Gasteiger partial charge in [0.15, 0.2) is 11.6 Å². The molecule has 0 spiro atoms. The van der Waals surface area contributed by atoms with Crippen LogP contribution in [0.5, 0.6) is 0 Å². The predicted octanol–water partition coefficient (Wildman–Crippen LogP) is 0.312. The average molecular weight is 275 g/mol.